The summed E-state index contributed by atoms with van der Waals surface area (Å²) in [6, 6.07) is 7.27. The van der Waals surface area contributed by atoms with Crippen LogP contribution in [-0.4, -0.2) is 37.6 Å². The van der Waals surface area contributed by atoms with E-state index in [0.717, 1.165) is 18.8 Å². The lowest BCUT2D eigenvalue weighted by atomic mass is 9.92. The van der Waals surface area contributed by atoms with Crippen molar-refractivity contribution in [1.29, 1.82) is 0 Å². The van der Waals surface area contributed by atoms with Crippen LogP contribution in [-0.2, 0) is 4.79 Å². The zero-order valence-electron chi connectivity index (χ0n) is 12.5. The van der Waals surface area contributed by atoms with Gasteiger partial charge < -0.3 is 14.4 Å². The number of nitrogens with zero attached hydrogens (tertiary/aromatic N) is 1. The number of benzene rings is 1. The lowest BCUT2D eigenvalue weighted by Crippen LogP contribution is -2.44. The van der Waals surface area contributed by atoms with E-state index in [-0.39, 0.29) is 12.5 Å². The summed E-state index contributed by atoms with van der Waals surface area (Å²) in [5.74, 6) is 2.69. The van der Waals surface area contributed by atoms with Crippen LogP contribution in [0.1, 0.15) is 20.3 Å². The number of carbonyl (C=O) groups excluding carboxylic acids is 1. The van der Waals surface area contributed by atoms with E-state index >= 15 is 0 Å². The minimum Gasteiger partial charge on any atom is -0.497 e. The second-order valence-electron chi connectivity index (χ2n) is 5.71. The Kier molecular flexibility index (Phi) is 4.88. The molecule has 0 bridgehead atoms. The van der Waals surface area contributed by atoms with Gasteiger partial charge in [0.05, 0.1) is 7.11 Å². The molecule has 0 spiro atoms. The lowest BCUT2D eigenvalue weighted by molar-refractivity contribution is -0.136. The van der Waals surface area contributed by atoms with Crippen molar-refractivity contribution < 1.29 is 14.3 Å². The largest absolute Gasteiger partial charge is 0.497 e. The number of piperidine rings is 1. The molecular weight excluding hydrogens is 254 g/mol. The third-order valence-corrected chi connectivity index (χ3v) is 3.64. The SMILES string of the molecule is COc1ccc(OCC(=O)N2C[C@@H](C)C[C@H](C)C2)cc1. The number of rotatable bonds is 4. The first kappa shape index (κ1) is 14.7. The minimum atomic E-state index is 0.0687. The number of amides is 1. The number of hydrogen-bond donors (Lipinski definition) is 0. The van der Waals surface area contributed by atoms with E-state index in [1.54, 1.807) is 7.11 Å². The monoisotopic (exact) mass is 277 g/mol. The van der Waals surface area contributed by atoms with Crippen LogP contribution in [0, 0.1) is 11.8 Å². The van der Waals surface area contributed by atoms with Gasteiger partial charge in [-0.05, 0) is 42.5 Å². The molecule has 1 aliphatic rings. The molecule has 0 unspecified atom stereocenters. The van der Waals surface area contributed by atoms with Gasteiger partial charge in [-0.2, -0.15) is 0 Å². The molecule has 1 heterocycles. The van der Waals surface area contributed by atoms with Gasteiger partial charge in [0.1, 0.15) is 11.5 Å². The van der Waals surface area contributed by atoms with Crippen LogP contribution in [0.3, 0.4) is 0 Å². The first-order valence-electron chi connectivity index (χ1n) is 7.13. The topological polar surface area (TPSA) is 38.8 Å². The van der Waals surface area contributed by atoms with E-state index in [1.807, 2.05) is 29.2 Å². The molecule has 110 valence electrons. The Morgan fingerprint density at radius 1 is 1.15 bits per heavy atom. The molecule has 1 aromatic rings. The highest BCUT2D eigenvalue weighted by molar-refractivity contribution is 5.77. The van der Waals surface area contributed by atoms with E-state index in [4.69, 9.17) is 9.47 Å². The standard InChI is InChI=1S/C16H23NO3/c1-12-8-13(2)10-17(9-12)16(18)11-20-15-6-4-14(19-3)5-7-15/h4-7,12-13H,8-11H2,1-3H3/t12-,13-/m0/s1. The zero-order valence-corrected chi connectivity index (χ0v) is 12.5. The summed E-state index contributed by atoms with van der Waals surface area (Å²) in [6.07, 6.45) is 1.20. The highest BCUT2D eigenvalue weighted by Crippen LogP contribution is 2.21. The van der Waals surface area contributed by atoms with Crippen LogP contribution in [0.2, 0.25) is 0 Å². The smallest absolute Gasteiger partial charge is 0.260 e. The number of methoxy groups -OCH3 is 1. The van der Waals surface area contributed by atoms with Crippen molar-refractivity contribution in [3.8, 4) is 11.5 Å². The average Bonchev–Trinajstić information content (AvgIpc) is 2.44. The Hall–Kier alpha value is -1.71. The molecule has 4 nitrogen and oxygen atoms in total. The molecule has 1 fully saturated rings. The van der Waals surface area contributed by atoms with E-state index in [0.29, 0.717) is 17.6 Å². The number of likely N-dealkylation sites (tertiary alicyclic amines) is 1. The van der Waals surface area contributed by atoms with E-state index in [1.165, 1.54) is 6.42 Å². The predicted octanol–water partition coefficient (Wildman–Crippen LogP) is 2.58. The number of carbonyl (C=O) groups is 1. The number of hydrogen-bond acceptors (Lipinski definition) is 3. The molecule has 0 aromatic heterocycles. The second-order valence-corrected chi connectivity index (χ2v) is 5.71. The van der Waals surface area contributed by atoms with Crippen LogP contribution in [0.15, 0.2) is 24.3 Å². The predicted molar refractivity (Wildman–Crippen MR) is 78.0 cm³/mol. The summed E-state index contributed by atoms with van der Waals surface area (Å²) >= 11 is 0. The molecule has 1 aliphatic heterocycles. The molecule has 1 aromatic carbocycles. The maximum Gasteiger partial charge on any atom is 0.260 e. The van der Waals surface area contributed by atoms with Gasteiger partial charge in [0.2, 0.25) is 0 Å². The molecule has 0 radical (unpaired) electrons. The molecule has 20 heavy (non-hydrogen) atoms. The fourth-order valence-electron chi connectivity index (χ4n) is 2.77. The summed E-state index contributed by atoms with van der Waals surface area (Å²) in [4.78, 5) is 14.1. The van der Waals surface area contributed by atoms with Crippen molar-refractivity contribution in [2.45, 2.75) is 20.3 Å². The van der Waals surface area contributed by atoms with E-state index < -0.39 is 0 Å². The highest BCUT2D eigenvalue weighted by atomic mass is 16.5. The average molecular weight is 277 g/mol. The Balaban J connectivity index is 1.84. The zero-order chi connectivity index (χ0) is 14.5. The van der Waals surface area contributed by atoms with Crippen LogP contribution < -0.4 is 9.47 Å². The lowest BCUT2D eigenvalue weighted by Gasteiger charge is -2.34. The number of ether oxygens (including phenoxy) is 2. The van der Waals surface area contributed by atoms with Crippen LogP contribution in [0.25, 0.3) is 0 Å². The molecule has 0 N–H and O–H groups in total. The third kappa shape index (κ3) is 3.89. The second kappa shape index (κ2) is 6.64. The fourth-order valence-corrected chi connectivity index (χ4v) is 2.77. The summed E-state index contributed by atoms with van der Waals surface area (Å²) < 4.78 is 10.6. The molecule has 1 saturated heterocycles. The molecule has 0 aliphatic carbocycles. The van der Waals surface area contributed by atoms with E-state index in [9.17, 15) is 4.79 Å². The van der Waals surface area contributed by atoms with Crippen molar-refractivity contribution in [1.82, 2.24) is 4.90 Å². The van der Waals surface area contributed by atoms with Crippen LogP contribution in [0.5, 0.6) is 11.5 Å². The quantitative estimate of drug-likeness (QED) is 0.849. The molecule has 2 atom stereocenters. The first-order valence-corrected chi connectivity index (χ1v) is 7.13. The molecule has 4 heteroatoms. The molecular formula is C16H23NO3. The molecule has 2 rings (SSSR count). The van der Waals surface area contributed by atoms with Gasteiger partial charge in [-0.1, -0.05) is 13.8 Å². The maximum atomic E-state index is 12.2. The molecule has 1 amide bonds. The highest BCUT2D eigenvalue weighted by Gasteiger charge is 2.25. The van der Waals surface area contributed by atoms with Crippen molar-refractivity contribution in [2.75, 3.05) is 26.8 Å². The summed E-state index contributed by atoms with van der Waals surface area (Å²) in [5.41, 5.74) is 0. The Morgan fingerprint density at radius 3 is 2.25 bits per heavy atom. The fraction of sp³-hybridized carbons (Fsp3) is 0.562. The molecule has 0 saturated carbocycles. The summed E-state index contributed by atoms with van der Waals surface area (Å²) in [7, 11) is 1.62. The van der Waals surface area contributed by atoms with Gasteiger partial charge in [0.15, 0.2) is 6.61 Å². The van der Waals surface area contributed by atoms with Gasteiger partial charge in [-0.3, -0.25) is 4.79 Å². The van der Waals surface area contributed by atoms with Crippen LogP contribution in [0.4, 0.5) is 0 Å². The Bertz CT molecular complexity index is 434. The van der Waals surface area contributed by atoms with Crippen molar-refractivity contribution in [2.24, 2.45) is 11.8 Å². The van der Waals surface area contributed by atoms with Crippen molar-refractivity contribution in [3.63, 3.8) is 0 Å². The van der Waals surface area contributed by atoms with Gasteiger partial charge in [-0.25, -0.2) is 0 Å². The van der Waals surface area contributed by atoms with Crippen LogP contribution >= 0.6 is 0 Å². The maximum absolute atomic E-state index is 12.2. The Morgan fingerprint density at radius 2 is 1.70 bits per heavy atom. The Labute approximate surface area is 120 Å². The summed E-state index contributed by atoms with van der Waals surface area (Å²) in [6.45, 7) is 6.18. The minimum absolute atomic E-state index is 0.0687. The van der Waals surface area contributed by atoms with Gasteiger partial charge in [-0.15, -0.1) is 0 Å². The first-order chi connectivity index (χ1) is 9.58. The van der Waals surface area contributed by atoms with Gasteiger partial charge >= 0.3 is 0 Å². The van der Waals surface area contributed by atoms with Crippen molar-refractivity contribution >= 4 is 5.91 Å². The van der Waals surface area contributed by atoms with E-state index in [2.05, 4.69) is 13.8 Å². The normalized spacial score (nSPS) is 22.4. The van der Waals surface area contributed by atoms with Gasteiger partial charge in [0, 0.05) is 13.1 Å². The van der Waals surface area contributed by atoms with Gasteiger partial charge in [0.25, 0.3) is 5.91 Å². The third-order valence-electron chi connectivity index (χ3n) is 3.64. The summed E-state index contributed by atoms with van der Waals surface area (Å²) in [5, 5.41) is 0. The van der Waals surface area contributed by atoms with Crippen molar-refractivity contribution in [3.05, 3.63) is 24.3 Å².